The Labute approximate surface area is 152 Å². The summed E-state index contributed by atoms with van der Waals surface area (Å²) in [7, 11) is 0. The normalized spacial score (nSPS) is 11.5. The summed E-state index contributed by atoms with van der Waals surface area (Å²) in [6.07, 6.45) is 1.41. The SMILES string of the molecule is O=C(O)/C(=C/c1cccc([O-])c1)Sc1n[nH]c(-c2ccc(Cl)cc2)n1. The van der Waals surface area contributed by atoms with Crippen molar-refractivity contribution in [1.29, 1.82) is 0 Å². The fourth-order valence-electron chi connectivity index (χ4n) is 2.02. The highest BCUT2D eigenvalue weighted by Gasteiger charge is 2.14. The van der Waals surface area contributed by atoms with E-state index in [9.17, 15) is 15.0 Å². The Morgan fingerprint density at radius 3 is 2.68 bits per heavy atom. The quantitative estimate of drug-likeness (QED) is 0.525. The first-order valence-corrected chi connectivity index (χ1v) is 8.29. The van der Waals surface area contributed by atoms with Crippen LogP contribution in [-0.2, 0) is 4.79 Å². The van der Waals surface area contributed by atoms with Gasteiger partial charge in [-0.1, -0.05) is 35.9 Å². The van der Waals surface area contributed by atoms with Gasteiger partial charge in [0.05, 0.1) is 0 Å². The second kappa shape index (κ2) is 7.42. The highest BCUT2D eigenvalue weighted by molar-refractivity contribution is 8.04. The minimum Gasteiger partial charge on any atom is -0.872 e. The van der Waals surface area contributed by atoms with Crippen LogP contribution in [0.15, 0.2) is 58.6 Å². The van der Waals surface area contributed by atoms with Crippen LogP contribution in [0, 0.1) is 0 Å². The number of hydrogen-bond acceptors (Lipinski definition) is 5. The fraction of sp³-hybridized carbons (Fsp3) is 0. The van der Waals surface area contributed by atoms with Crippen LogP contribution in [0.4, 0.5) is 0 Å². The minimum absolute atomic E-state index is 0.00672. The van der Waals surface area contributed by atoms with E-state index in [4.69, 9.17) is 11.6 Å². The van der Waals surface area contributed by atoms with E-state index < -0.39 is 5.97 Å². The summed E-state index contributed by atoms with van der Waals surface area (Å²) in [6, 6.07) is 13.0. The van der Waals surface area contributed by atoms with Gasteiger partial charge in [-0.3, -0.25) is 5.10 Å². The zero-order valence-electron chi connectivity index (χ0n) is 12.6. The zero-order valence-corrected chi connectivity index (χ0v) is 14.2. The first-order valence-electron chi connectivity index (χ1n) is 7.09. The summed E-state index contributed by atoms with van der Waals surface area (Å²) < 4.78 is 0. The predicted molar refractivity (Wildman–Crippen MR) is 94.2 cm³/mol. The molecule has 2 N–H and O–H groups in total. The van der Waals surface area contributed by atoms with Crippen molar-refractivity contribution in [2.75, 3.05) is 0 Å². The molecule has 6 nitrogen and oxygen atoms in total. The average Bonchev–Trinajstić information content (AvgIpc) is 3.03. The van der Waals surface area contributed by atoms with E-state index in [0.717, 1.165) is 17.3 Å². The topological polar surface area (TPSA) is 102 Å². The van der Waals surface area contributed by atoms with Gasteiger partial charge in [0.25, 0.3) is 0 Å². The Kier molecular flexibility index (Phi) is 5.06. The van der Waals surface area contributed by atoms with Crippen molar-refractivity contribution >= 4 is 35.4 Å². The Bertz CT molecular complexity index is 938. The van der Waals surface area contributed by atoms with Crippen LogP contribution >= 0.6 is 23.4 Å². The van der Waals surface area contributed by atoms with Gasteiger partial charge < -0.3 is 10.2 Å². The summed E-state index contributed by atoms with van der Waals surface area (Å²) in [4.78, 5) is 15.7. The van der Waals surface area contributed by atoms with Gasteiger partial charge in [0, 0.05) is 10.6 Å². The van der Waals surface area contributed by atoms with Gasteiger partial charge in [-0.15, -0.1) is 10.8 Å². The van der Waals surface area contributed by atoms with Crippen LogP contribution in [0.3, 0.4) is 0 Å². The lowest BCUT2D eigenvalue weighted by atomic mass is 10.2. The van der Waals surface area contributed by atoms with Gasteiger partial charge in [0.2, 0.25) is 5.16 Å². The molecular formula is C17H11ClN3O3S-. The first kappa shape index (κ1) is 17.1. The van der Waals surface area contributed by atoms with Crippen molar-refractivity contribution in [2.24, 2.45) is 0 Å². The van der Waals surface area contributed by atoms with E-state index in [-0.39, 0.29) is 15.8 Å². The molecule has 0 atom stereocenters. The van der Waals surface area contributed by atoms with Crippen LogP contribution < -0.4 is 5.11 Å². The summed E-state index contributed by atoms with van der Waals surface area (Å²) in [5.74, 6) is -0.809. The summed E-state index contributed by atoms with van der Waals surface area (Å²) >= 11 is 6.75. The third-order valence-corrected chi connectivity index (χ3v) is 4.28. The van der Waals surface area contributed by atoms with Crippen molar-refractivity contribution in [2.45, 2.75) is 5.16 Å². The number of carboxylic acids is 1. The molecule has 0 fully saturated rings. The lowest BCUT2D eigenvalue weighted by Gasteiger charge is -2.05. The Morgan fingerprint density at radius 1 is 1.24 bits per heavy atom. The van der Waals surface area contributed by atoms with E-state index in [1.54, 1.807) is 36.4 Å². The highest BCUT2D eigenvalue weighted by Crippen LogP contribution is 2.28. The summed E-state index contributed by atoms with van der Waals surface area (Å²) in [6.45, 7) is 0. The summed E-state index contributed by atoms with van der Waals surface area (Å²) in [5.41, 5.74) is 1.29. The fourth-order valence-corrected chi connectivity index (χ4v) is 2.85. The Hall–Kier alpha value is -2.77. The number of aromatic nitrogens is 3. The molecule has 0 saturated carbocycles. The molecule has 2 aromatic carbocycles. The molecule has 0 amide bonds. The van der Waals surface area contributed by atoms with Crippen molar-refractivity contribution in [3.8, 4) is 17.1 Å². The average molecular weight is 373 g/mol. The van der Waals surface area contributed by atoms with E-state index in [1.165, 1.54) is 18.2 Å². The maximum Gasteiger partial charge on any atom is 0.342 e. The maximum atomic E-state index is 11.5. The zero-order chi connectivity index (χ0) is 17.8. The number of nitrogens with zero attached hydrogens (tertiary/aromatic N) is 2. The molecule has 0 aliphatic rings. The number of nitrogens with one attached hydrogen (secondary N) is 1. The molecule has 0 aliphatic heterocycles. The molecule has 126 valence electrons. The van der Waals surface area contributed by atoms with Gasteiger partial charge in [-0.25, -0.2) is 9.78 Å². The molecule has 8 heteroatoms. The van der Waals surface area contributed by atoms with Gasteiger partial charge in [-0.2, -0.15) is 0 Å². The number of carbonyl (C=O) groups is 1. The lowest BCUT2D eigenvalue weighted by molar-refractivity contribution is -0.268. The van der Waals surface area contributed by atoms with Gasteiger partial charge in [0.15, 0.2) is 5.82 Å². The molecule has 0 aliphatic carbocycles. The van der Waals surface area contributed by atoms with Crippen LogP contribution in [0.5, 0.6) is 5.75 Å². The number of hydrogen-bond donors (Lipinski definition) is 2. The van der Waals surface area contributed by atoms with E-state index >= 15 is 0 Å². The number of carboxylic acid groups (broad SMARTS) is 1. The molecule has 1 heterocycles. The second-order valence-corrected chi connectivity index (χ2v) is 6.41. The predicted octanol–water partition coefficient (Wildman–Crippen LogP) is 3.42. The van der Waals surface area contributed by atoms with E-state index in [1.807, 2.05) is 0 Å². The second-order valence-electron chi connectivity index (χ2n) is 4.96. The van der Waals surface area contributed by atoms with Crippen LogP contribution in [-0.4, -0.2) is 26.3 Å². The van der Waals surface area contributed by atoms with Crippen molar-refractivity contribution in [1.82, 2.24) is 15.2 Å². The van der Waals surface area contributed by atoms with E-state index in [2.05, 4.69) is 15.2 Å². The lowest BCUT2D eigenvalue weighted by Crippen LogP contribution is -1.97. The molecule has 3 aromatic rings. The van der Waals surface area contributed by atoms with Gasteiger partial charge >= 0.3 is 5.97 Å². The summed E-state index contributed by atoms with van der Waals surface area (Å²) in [5, 5.41) is 28.4. The standard InChI is InChI=1S/C17H12ClN3O3S/c18-12-6-4-11(5-7-12)15-19-17(21-20-15)25-14(16(23)24)9-10-2-1-3-13(22)8-10/h1-9,22H,(H,23,24)(H,19,20,21)/p-1/b14-9-. The van der Waals surface area contributed by atoms with Crippen LogP contribution in [0.1, 0.15) is 5.56 Å². The molecule has 0 spiro atoms. The number of aromatic amines is 1. The Morgan fingerprint density at radius 2 is 2.00 bits per heavy atom. The molecule has 0 bridgehead atoms. The van der Waals surface area contributed by atoms with Crippen molar-refractivity contribution in [3.63, 3.8) is 0 Å². The molecule has 1 aromatic heterocycles. The molecule has 3 rings (SSSR count). The smallest absolute Gasteiger partial charge is 0.342 e. The third kappa shape index (κ3) is 4.40. The van der Waals surface area contributed by atoms with Gasteiger partial charge in [0.1, 0.15) is 4.91 Å². The van der Waals surface area contributed by atoms with Crippen LogP contribution in [0.2, 0.25) is 5.02 Å². The maximum absolute atomic E-state index is 11.5. The molecule has 0 radical (unpaired) electrons. The number of rotatable bonds is 5. The van der Waals surface area contributed by atoms with Crippen molar-refractivity contribution in [3.05, 3.63) is 64.0 Å². The Balaban J connectivity index is 1.84. The highest BCUT2D eigenvalue weighted by atomic mass is 35.5. The molecular weight excluding hydrogens is 362 g/mol. The largest absolute Gasteiger partial charge is 0.872 e. The van der Waals surface area contributed by atoms with Gasteiger partial charge in [-0.05, 0) is 47.7 Å². The molecule has 0 saturated heterocycles. The van der Waals surface area contributed by atoms with Crippen LogP contribution in [0.25, 0.3) is 17.5 Å². The molecule has 25 heavy (non-hydrogen) atoms. The number of H-pyrrole nitrogens is 1. The monoisotopic (exact) mass is 372 g/mol. The molecule has 0 unspecified atom stereocenters. The number of aliphatic carboxylic acids is 1. The minimum atomic E-state index is -1.13. The third-order valence-electron chi connectivity index (χ3n) is 3.15. The number of thioether (sulfide) groups is 1. The van der Waals surface area contributed by atoms with Crippen molar-refractivity contribution < 1.29 is 15.0 Å². The first-order chi connectivity index (χ1) is 12.0. The number of benzene rings is 2. The number of halogens is 1. The van der Waals surface area contributed by atoms with E-state index in [0.29, 0.717) is 16.4 Å².